The van der Waals surface area contributed by atoms with E-state index in [0.29, 0.717) is 25.0 Å². The predicted molar refractivity (Wildman–Crippen MR) is 191 cm³/mol. The molecule has 1 aliphatic heterocycles. The lowest BCUT2D eigenvalue weighted by molar-refractivity contribution is -0.138. The summed E-state index contributed by atoms with van der Waals surface area (Å²) in [5.74, 6) is -0.296. The molecule has 1 aromatic carbocycles. The van der Waals surface area contributed by atoms with Gasteiger partial charge in [0.05, 0.1) is 0 Å². The lowest BCUT2D eigenvalue weighted by atomic mass is 9.49. The molecule has 12 heteroatoms. The van der Waals surface area contributed by atoms with Gasteiger partial charge in [0.15, 0.2) is 0 Å². The molecule has 5 saturated carbocycles. The average molecular weight is 732 g/mol. The number of carbonyl (C=O) groups is 5. The molecular formula is C38H52Cl2N4O6. The van der Waals surface area contributed by atoms with Crippen LogP contribution in [0.25, 0.3) is 0 Å². The summed E-state index contributed by atoms with van der Waals surface area (Å²) in [6.45, 7) is 1.69. The van der Waals surface area contributed by atoms with Crippen LogP contribution in [0.5, 0.6) is 0 Å². The van der Waals surface area contributed by atoms with Crippen molar-refractivity contribution in [1.29, 1.82) is 0 Å². The second-order valence-electron chi connectivity index (χ2n) is 16.3. The summed E-state index contributed by atoms with van der Waals surface area (Å²) in [5, 5.41) is 18.5. The van der Waals surface area contributed by atoms with Crippen LogP contribution in [-0.2, 0) is 19.2 Å². The number of likely N-dealkylation sites (tertiary alicyclic amines) is 1. The zero-order chi connectivity index (χ0) is 35.5. The summed E-state index contributed by atoms with van der Waals surface area (Å²) < 4.78 is 0. The fraction of sp³-hybridized carbons (Fsp3) is 0.711. The average Bonchev–Trinajstić information content (AvgIpc) is 3.51. The molecule has 4 N–H and O–H groups in total. The first-order valence-corrected chi connectivity index (χ1v) is 19.5. The number of rotatable bonds is 14. The van der Waals surface area contributed by atoms with Gasteiger partial charge in [-0.05, 0) is 130 Å². The number of hydrogen-bond donors (Lipinski definition) is 4. The van der Waals surface area contributed by atoms with Crippen molar-refractivity contribution in [3.63, 3.8) is 0 Å². The van der Waals surface area contributed by atoms with Crippen molar-refractivity contribution in [1.82, 2.24) is 20.9 Å². The fourth-order valence-electron chi connectivity index (χ4n) is 10.5. The van der Waals surface area contributed by atoms with Gasteiger partial charge in [-0.1, -0.05) is 36.0 Å². The number of benzene rings is 1. The van der Waals surface area contributed by atoms with Gasteiger partial charge >= 0.3 is 5.97 Å². The molecule has 5 aliphatic carbocycles. The molecule has 1 spiro atoms. The Labute approximate surface area is 305 Å². The van der Waals surface area contributed by atoms with Crippen LogP contribution < -0.4 is 16.0 Å². The van der Waals surface area contributed by atoms with Crippen LogP contribution in [0.1, 0.15) is 120 Å². The van der Waals surface area contributed by atoms with Gasteiger partial charge in [0, 0.05) is 48.1 Å². The van der Waals surface area contributed by atoms with E-state index in [9.17, 15) is 29.1 Å². The van der Waals surface area contributed by atoms with E-state index in [1.807, 2.05) is 0 Å². The number of nitrogens with zero attached hydrogens (tertiary/aromatic N) is 1. The smallest absolute Gasteiger partial charge is 0.303 e. The molecule has 0 aromatic heterocycles. The summed E-state index contributed by atoms with van der Waals surface area (Å²) >= 11 is 12.3. The standard InChI is InChI=1S/C38H52Cl2N4O6/c39-28-18-27(19-29(40)20-28)34(48)43-31(36(50)44-13-10-37(11-14-44)7-1-2-8-37)3-5-32(45)42-30(4-6-33(46)47)35(49)41-12-9-38-21-24-15-25(22-38)17-26(16-24)23-38/h18-20,24-26,30-31H,1-17,21-23H2,(H,41,49)(H,42,45)(H,43,48)(H,46,47)/t24?,25?,26?,30-,31?,38?/m1/s1. The second kappa shape index (κ2) is 15.8. The minimum Gasteiger partial charge on any atom is -0.481 e. The Kier molecular flexibility index (Phi) is 11.7. The van der Waals surface area contributed by atoms with Crippen molar-refractivity contribution in [2.24, 2.45) is 28.6 Å². The molecule has 50 heavy (non-hydrogen) atoms. The van der Waals surface area contributed by atoms with E-state index >= 15 is 0 Å². The maximum absolute atomic E-state index is 13.9. The number of halogens is 2. The maximum Gasteiger partial charge on any atom is 0.303 e. The van der Waals surface area contributed by atoms with Crippen LogP contribution in [0.2, 0.25) is 10.0 Å². The number of hydrogen-bond acceptors (Lipinski definition) is 5. The van der Waals surface area contributed by atoms with Crippen LogP contribution in [-0.4, -0.2) is 71.3 Å². The number of carboxylic acid groups (broad SMARTS) is 1. The topological polar surface area (TPSA) is 145 Å². The summed E-state index contributed by atoms with van der Waals surface area (Å²) in [7, 11) is 0. The van der Waals surface area contributed by atoms with Crippen molar-refractivity contribution in [2.45, 2.75) is 121 Å². The highest BCUT2D eigenvalue weighted by molar-refractivity contribution is 6.35. The fourth-order valence-corrected chi connectivity index (χ4v) is 11.0. The zero-order valence-corrected chi connectivity index (χ0v) is 30.5. The third-order valence-corrected chi connectivity index (χ3v) is 13.0. The van der Waals surface area contributed by atoms with Crippen LogP contribution in [0, 0.1) is 28.6 Å². The van der Waals surface area contributed by atoms with Gasteiger partial charge in [0.1, 0.15) is 12.1 Å². The SMILES string of the molecule is O=C(O)CC[C@@H](NC(=O)CCC(NC(=O)c1cc(Cl)cc(Cl)c1)C(=O)N1CCC2(CCCC2)CC1)C(=O)NCCC12CC3CC(CC(C3)C1)C2. The normalized spacial score (nSPS) is 27.5. The molecule has 6 aliphatic rings. The Morgan fingerprint density at radius 2 is 1.38 bits per heavy atom. The summed E-state index contributed by atoms with van der Waals surface area (Å²) in [4.78, 5) is 67.0. The molecule has 6 fully saturated rings. The van der Waals surface area contributed by atoms with Gasteiger partial charge < -0.3 is 26.0 Å². The molecule has 10 nitrogen and oxygen atoms in total. The van der Waals surface area contributed by atoms with Gasteiger partial charge in [-0.3, -0.25) is 24.0 Å². The minimum absolute atomic E-state index is 0.00559. The zero-order valence-electron chi connectivity index (χ0n) is 29.0. The second-order valence-corrected chi connectivity index (χ2v) is 17.1. The van der Waals surface area contributed by atoms with E-state index in [4.69, 9.17) is 23.2 Å². The summed E-state index contributed by atoms with van der Waals surface area (Å²) in [6, 6.07) is 2.44. The van der Waals surface area contributed by atoms with E-state index in [0.717, 1.165) is 37.0 Å². The van der Waals surface area contributed by atoms with Crippen molar-refractivity contribution >= 4 is 52.8 Å². The Hall–Kier alpha value is -2.85. The molecule has 7 rings (SSSR count). The Bertz CT molecular complexity index is 1400. The highest BCUT2D eigenvalue weighted by Gasteiger charge is 2.50. The third kappa shape index (κ3) is 9.14. The highest BCUT2D eigenvalue weighted by Crippen LogP contribution is 2.61. The summed E-state index contributed by atoms with van der Waals surface area (Å²) in [5.41, 5.74) is 0.788. The molecule has 1 saturated heterocycles. The Balaban J connectivity index is 1.06. The predicted octanol–water partition coefficient (Wildman–Crippen LogP) is 6.13. The first kappa shape index (κ1) is 36.9. The van der Waals surface area contributed by atoms with Crippen LogP contribution in [0.15, 0.2) is 18.2 Å². The monoisotopic (exact) mass is 730 g/mol. The van der Waals surface area contributed by atoms with Crippen molar-refractivity contribution in [2.75, 3.05) is 19.6 Å². The van der Waals surface area contributed by atoms with Crippen LogP contribution in [0.4, 0.5) is 0 Å². The molecule has 1 heterocycles. The van der Waals surface area contributed by atoms with Crippen LogP contribution in [0.3, 0.4) is 0 Å². The number of amides is 4. The van der Waals surface area contributed by atoms with Gasteiger partial charge in [-0.2, -0.15) is 0 Å². The largest absolute Gasteiger partial charge is 0.481 e. The van der Waals surface area contributed by atoms with Gasteiger partial charge in [0.2, 0.25) is 17.7 Å². The van der Waals surface area contributed by atoms with Crippen molar-refractivity contribution in [3.8, 4) is 0 Å². The molecule has 2 atom stereocenters. The number of piperidine rings is 1. The Morgan fingerprint density at radius 1 is 0.800 bits per heavy atom. The van der Waals surface area contributed by atoms with E-state index in [2.05, 4.69) is 16.0 Å². The molecule has 0 radical (unpaired) electrons. The van der Waals surface area contributed by atoms with E-state index in [1.165, 1.54) is 82.4 Å². The maximum atomic E-state index is 13.9. The van der Waals surface area contributed by atoms with E-state index < -0.39 is 35.8 Å². The quantitative estimate of drug-likeness (QED) is 0.181. The molecule has 1 aromatic rings. The van der Waals surface area contributed by atoms with E-state index in [-0.39, 0.29) is 52.6 Å². The van der Waals surface area contributed by atoms with Crippen LogP contribution >= 0.6 is 23.2 Å². The number of aliphatic carboxylic acids is 1. The molecule has 4 bridgehead atoms. The first-order valence-electron chi connectivity index (χ1n) is 18.7. The van der Waals surface area contributed by atoms with Crippen molar-refractivity contribution in [3.05, 3.63) is 33.8 Å². The molecular weight excluding hydrogens is 679 g/mol. The van der Waals surface area contributed by atoms with Crippen molar-refractivity contribution < 1.29 is 29.1 Å². The lowest BCUT2D eigenvalue weighted by Crippen LogP contribution is -2.52. The highest BCUT2D eigenvalue weighted by atomic mass is 35.5. The summed E-state index contributed by atoms with van der Waals surface area (Å²) in [6.07, 6.45) is 14.8. The number of carbonyl (C=O) groups excluding carboxylic acids is 4. The number of nitrogens with one attached hydrogen (secondary N) is 3. The Morgan fingerprint density at radius 3 is 1.96 bits per heavy atom. The third-order valence-electron chi connectivity index (χ3n) is 12.6. The van der Waals surface area contributed by atoms with Gasteiger partial charge in [-0.25, -0.2) is 0 Å². The molecule has 1 unspecified atom stereocenters. The van der Waals surface area contributed by atoms with E-state index in [1.54, 1.807) is 4.90 Å². The molecule has 4 amide bonds. The van der Waals surface area contributed by atoms with Gasteiger partial charge in [0.25, 0.3) is 5.91 Å². The lowest BCUT2D eigenvalue weighted by Gasteiger charge is -2.57. The minimum atomic E-state index is -1.05. The molecule has 274 valence electrons. The number of carboxylic acids is 1. The first-order chi connectivity index (χ1) is 23.9. The van der Waals surface area contributed by atoms with Gasteiger partial charge in [-0.15, -0.1) is 0 Å².